The van der Waals surface area contributed by atoms with Crippen LogP contribution in [0.25, 0.3) is 22.3 Å². The molecule has 3 aliphatic heterocycles. The fraction of sp³-hybridized carbons (Fsp3) is 0.344. The number of phenolic OH excluding ortho intramolecular Hbond substituents is 1. The first-order valence-electron chi connectivity index (χ1n) is 28.7. The number of esters is 2. The number of aliphatic carboxylic acids is 1. The molecule has 0 bridgehead atoms. The number of ether oxygens (including phenoxy) is 2. The van der Waals surface area contributed by atoms with E-state index in [1.54, 1.807) is 55.7 Å². The topological polar surface area (TPSA) is 347 Å². The number of aromatic nitrogens is 2. The van der Waals surface area contributed by atoms with Gasteiger partial charge in [0.2, 0.25) is 17.4 Å². The monoisotopic (exact) mass is 1240 g/mol. The maximum absolute atomic E-state index is 14.5. The van der Waals surface area contributed by atoms with Crippen LogP contribution in [0.15, 0.2) is 113 Å². The Bertz CT molecular complexity index is 3940. The number of hydrogen-bond acceptors (Lipinski definition) is 15. The van der Waals surface area contributed by atoms with Gasteiger partial charge >= 0.3 is 30.0 Å². The Labute approximate surface area is 511 Å². The molecule has 1 fully saturated rings. The summed E-state index contributed by atoms with van der Waals surface area (Å²) in [6.07, 6.45) is 1.32. The number of hydrogen-bond donors (Lipinski definition) is 10. The number of pyridine rings is 2. The van der Waals surface area contributed by atoms with Crippen LogP contribution < -0.4 is 47.5 Å². The van der Waals surface area contributed by atoms with Crippen molar-refractivity contribution in [2.75, 3.05) is 40.3 Å². The summed E-state index contributed by atoms with van der Waals surface area (Å²) >= 11 is 5.48. The Morgan fingerprint density at radius 2 is 1.56 bits per heavy atom. The fourth-order valence-electron chi connectivity index (χ4n) is 11.0. The van der Waals surface area contributed by atoms with Crippen molar-refractivity contribution in [3.05, 3.63) is 136 Å². The fourth-order valence-corrected chi connectivity index (χ4v) is 12.3. The van der Waals surface area contributed by atoms with E-state index in [2.05, 4.69) is 41.9 Å². The van der Waals surface area contributed by atoms with E-state index >= 15 is 0 Å². The summed E-state index contributed by atoms with van der Waals surface area (Å²) in [5, 5.41) is 39.8. The first-order chi connectivity index (χ1) is 42.0. The van der Waals surface area contributed by atoms with Gasteiger partial charge in [-0.15, -0.1) is 0 Å². The van der Waals surface area contributed by atoms with E-state index < -0.39 is 99.5 Å². The number of nitrogens with zero attached hydrogens (tertiary/aromatic N) is 3. The molecule has 88 heavy (non-hydrogen) atoms. The minimum absolute atomic E-state index is 0.0497. The molecule has 25 nitrogen and oxygen atoms in total. The zero-order valence-corrected chi connectivity index (χ0v) is 50.4. The second kappa shape index (κ2) is 26.5. The van der Waals surface area contributed by atoms with Gasteiger partial charge in [0, 0.05) is 52.4 Å². The van der Waals surface area contributed by atoms with Crippen molar-refractivity contribution in [3.63, 3.8) is 0 Å². The van der Waals surface area contributed by atoms with Crippen molar-refractivity contribution in [3.8, 4) is 17.1 Å². The largest absolute Gasteiger partial charge is 0.508 e. The molecule has 0 saturated carbocycles. The number of carboxylic acid groups (broad SMARTS) is 1. The molecule has 3 aliphatic rings. The van der Waals surface area contributed by atoms with E-state index in [9.17, 15) is 57.0 Å². The van der Waals surface area contributed by atoms with Gasteiger partial charge in [-0.25, -0.2) is 32.6 Å². The van der Waals surface area contributed by atoms with Crippen LogP contribution in [0.3, 0.4) is 0 Å². The number of urea groups is 2. The van der Waals surface area contributed by atoms with Gasteiger partial charge < -0.3 is 61.8 Å². The number of thiocarbonyl (C=S) groups is 1. The average Bonchev–Trinajstić information content (AvgIpc) is 1.48. The number of rotatable bonds is 21. The van der Waals surface area contributed by atoms with Gasteiger partial charge in [-0.05, 0) is 141 Å². The highest BCUT2D eigenvalue weighted by Gasteiger charge is 2.52. The van der Waals surface area contributed by atoms with E-state index in [0.29, 0.717) is 59.5 Å². The number of carbonyl (C=O) groups excluding carboxylic acids is 6. The Morgan fingerprint density at radius 3 is 2.26 bits per heavy atom. The molecular formula is C61H67N11O14S2. The molecule has 5 heterocycles. The van der Waals surface area contributed by atoms with Crippen molar-refractivity contribution in [2.45, 2.75) is 114 Å². The summed E-state index contributed by atoms with van der Waals surface area (Å²) in [5.74, 6) is -4.67. The van der Waals surface area contributed by atoms with E-state index in [1.807, 2.05) is 19.9 Å². The molecule has 9 rings (SSSR count). The number of amides is 6. The SMILES string of the molecule is CCCNC(=O)Nc1cccc(S(=O)(=O)Nc2cccc(C(CC(=O)O)NC(=O)Nc3ccc(NC(=S)NCC(=O)N4CCC[C@H]4C(=O)N[C@H](C(=O)O[C@]4(CC)C(=O)OCc5c4cc4n(c5=O)C(CC)c5cc6cc(O)ccc6nc5-4)C(C)C)cc3)c2)c1. The minimum atomic E-state index is -4.19. The highest BCUT2D eigenvalue weighted by molar-refractivity contribution is 7.92. The van der Waals surface area contributed by atoms with Crippen LogP contribution >= 0.6 is 12.2 Å². The summed E-state index contributed by atoms with van der Waals surface area (Å²) in [6.45, 7) is 8.82. The van der Waals surface area contributed by atoms with E-state index in [-0.39, 0.29) is 76.4 Å². The third-order valence-electron chi connectivity index (χ3n) is 15.4. The zero-order chi connectivity index (χ0) is 63.2. The van der Waals surface area contributed by atoms with Crippen LogP contribution in [0.1, 0.15) is 107 Å². The van der Waals surface area contributed by atoms with E-state index in [0.717, 1.165) is 5.56 Å². The molecule has 6 aromatic rings. The average molecular weight is 1240 g/mol. The van der Waals surface area contributed by atoms with Gasteiger partial charge in [0.25, 0.3) is 15.6 Å². The number of carbonyl (C=O) groups is 7. The lowest BCUT2D eigenvalue weighted by Crippen LogP contribution is -2.56. The molecule has 462 valence electrons. The number of likely N-dealkylation sites (tertiary alicyclic amines) is 1. The van der Waals surface area contributed by atoms with Gasteiger partial charge in [-0.3, -0.25) is 28.5 Å². The summed E-state index contributed by atoms with van der Waals surface area (Å²) in [5.41, 5.74) is 1.42. The Kier molecular flexibility index (Phi) is 19.0. The quantitative estimate of drug-likeness (QED) is 0.0254. The van der Waals surface area contributed by atoms with Crippen molar-refractivity contribution >= 4 is 103 Å². The highest BCUT2D eigenvalue weighted by atomic mass is 32.2. The van der Waals surface area contributed by atoms with Crippen LogP contribution in [-0.4, -0.2) is 112 Å². The molecule has 1 saturated heterocycles. The van der Waals surface area contributed by atoms with Crippen LogP contribution in [0, 0.1) is 5.92 Å². The van der Waals surface area contributed by atoms with Crippen LogP contribution in [0.2, 0.25) is 0 Å². The number of sulfonamides is 1. The Hall–Kier alpha value is -9.63. The van der Waals surface area contributed by atoms with Gasteiger partial charge in [-0.1, -0.05) is 52.8 Å². The number of anilines is 4. The third kappa shape index (κ3) is 13.6. The van der Waals surface area contributed by atoms with E-state index in [1.165, 1.54) is 71.6 Å². The van der Waals surface area contributed by atoms with Gasteiger partial charge in [0.1, 0.15) is 24.4 Å². The first kappa shape index (κ1) is 62.9. The number of aromatic hydroxyl groups is 1. The van der Waals surface area contributed by atoms with Crippen molar-refractivity contribution in [1.82, 2.24) is 35.7 Å². The number of phenols is 1. The predicted octanol–water partition coefficient (Wildman–Crippen LogP) is 7.08. The highest BCUT2D eigenvalue weighted by Crippen LogP contribution is 2.45. The third-order valence-corrected chi connectivity index (χ3v) is 17.0. The Balaban J connectivity index is 0.785. The smallest absolute Gasteiger partial charge is 0.355 e. The molecule has 27 heteroatoms. The lowest BCUT2D eigenvalue weighted by atomic mass is 9.85. The molecule has 0 aliphatic carbocycles. The number of carboxylic acids is 1. The van der Waals surface area contributed by atoms with Gasteiger partial charge in [-0.2, -0.15) is 0 Å². The lowest BCUT2D eigenvalue weighted by molar-refractivity contribution is -0.191. The van der Waals surface area contributed by atoms with Crippen molar-refractivity contribution < 1.29 is 61.7 Å². The second-order valence-corrected chi connectivity index (χ2v) is 23.8. The summed E-state index contributed by atoms with van der Waals surface area (Å²) in [4.78, 5) is 114. The van der Waals surface area contributed by atoms with Crippen LogP contribution in [0.4, 0.5) is 32.3 Å². The summed E-state index contributed by atoms with van der Waals surface area (Å²) < 4.78 is 42.7. The molecule has 10 N–H and O–H groups in total. The Morgan fingerprint density at radius 1 is 0.841 bits per heavy atom. The van der Waals surface area contributed by atoms with Crippen molar-refractivity contribution in [2.24, 2.45) is 5.92 Å². The maximum Gasteiger partial charge on any atom is 0.355 e. The van der Waals surface area contributed by atoms with Gasteiger partial charge in [0.15, 0.2) is 5.11 Å². The zero-order valence-electron chi connectivity index (χ0n) is 48.7. The molecule has 5 atom stereocenters. The maximum atomic E-state index is 14.5. The molecule has 6 amide bonds. The second-order valence-electron chi connectivity index (χ2n) is 21.8. The number of nitrogens with one attached hydrogen (secondary N) is 8. The molecular weight excluding hydrogens is 1170 g/mol. The van der Waals surface area contributed by atoms with E-state index in [4.69, 9.17) is 26.7 Å². The molecule has 0 spiro atoms. The number of benzene rings is 4. The first-order valence-corrected chi connectivity index (χ1v) is 30.6. The predicted molar refractivity (Wildman–Crippen MR) is 330 cm³/mol. The molecule has 4 aromatic carbocycles. The van der Waals surface area contributed by atoms with Gasteiger partial charge in [0.05, 0.1) is 52.4 Å². The molecule has 0 radical (unpaired) electrons. The number of fused-ring (bicyclic) bond motifs is 5. The molecule has 2 unspecified atom stereocenters. The lowest BCUT2D eigenvalue weighted by Gasteiger charge is -2.37. The molecule has 2 aromatic heterocycles. The summed E-state index contributed by atoms with van der Waals surface area (Å²) in [6, 6.07) is 21.0. The van der Waals surface area contributed by atoms with Crippen LogP contribution in [0.5, 0.6) is 5.75 Å². The van der Waals surface area contributed by atoms with Crippen molar-refractivity contribution in [1.29, 1.82) is 0 Å². The minimum Gasteiger partial charge on any atom is -0.508 e. The summed E-state index contributed by atoms with van der Waals surface area (Å²) in [7, 11) is -4.19. The normalized spacial score (nSPS) is 17.2. The standard InChI is InChI=1S/C61H67N11O14S2/c1-6-23-62-58(81)65-38-13-10-15-41(28-38)88(83,84)70-39-14-9-12-34(25-39)46(30-51(75)76)68-59(82)64-36-17-19-37(20-18-36)66-60(87)63-31-50(74)71-24-11-16-48(71)54(77)69-52(33(4)5)56(79)86-61(8-3)44-29-49-53-42(27-35-26-40(73)21-22-45(35)67-53)47(7-2)72(49)55(78)43(44)32-85-57(61)80/h9-10,12-15,17-22,25-29,33,46-48,52,70,73H,6-8,11,16,23-24,30-32H2,1-5H3,(H,69,77)(H,75,76)(H2,62,65,81)(H2,63,66,87)(H2,64,68,82)/t46?,47?,48-,52-,61-/m0/s1. The van der Waals surface area contributed by atoms with Crippen LogP contribution in [-0.2, 0) is 55.7 Å². The number of cyclic esters (lactones) is 1.